The van der Waals surface area contributed by atoms with Crippen LogP contribution in [0.3, 0.4) is 0 Å². The molecule has 6 nitrogen and oxygen atoms in total. The number of carbonyl (C=O) groups is 1. The van der Waals surface area contributed by atoms with Crippen LogP contribution in [0.2, 0.25) is 0 Å². The number of halogens is 1. The Morgan fingerprint density at radius 2 is 2.14 bits per heavy atom. The number of amides is 2. The van der Waals surface area contributed by atoms with Crippen LogP contribution in [0, 0.1) is 4.91 Å². The summed E-state index contributed by atoms with van der Waals surface area (Å²) in [5.41, 5.74) is 7.33. The third-order valence-electron chi connectivity index (χ3n) is 1.43. The summed E-state index contributed by atoms with van der Waals surface area (Å²) < 4.78 is 0. The van der Waals surface area contributed by atoms with Gasteiger partial charge in [-0.15, -0.1) is 11.6 Å². The van der Waals surface area contributed by atoms with Gasteiger partial charge in [-0.25, -0.2) is 4.79 Å². The predicted molar refractivity (Wildman–Crippen MR) is 54.0 cm³/mol. The van der Waals surface area contributed by atoms with Crippen LogP contribution in [-0.4, -0.2) is 36.4 Å². The Hall–Kier alpha value is -0.880. The zero-order valence-corrected chi connectivity index (χ0v) is 8.72. The van der Waals surface area contributed by atoms with Gasteiger partial charge in [-0.1, -0.05) is 5.43 Å². The highest BCUT2D eigenvalue weighted by atomic mass is 35.5. The second-order valence-corrected chi connectivity index (χ2v) is 3.03. The predicted octanol–water partition coefficient (Wildman–Crippen LogP) is -0.0428. The Bertz CT molecular complexity index is 189. The van der Waals surface area contributed by atoms with Crippen LogP contribution >= 0.6 is 11.6 Å². The number of hydrogen-bond donors (Lipinski definition) is 3. The second-order valence-electron chi connectivity index (χ2n) is 2.65. The quantitative estimate of drug-likeness (QED) is 0.245. The highest BCUT2D eigenvalue weighted by molar-refractivity contribution is 6.17. The highest BCUT2D eigenvalue weighted by Gasteiger charge is 2.11. The topological polar surface area (TPSA) is 87.2 Å². The van der Waals surface area contributed by atoms with Gasteiger partial charge >= 0.3 is 6.03 Å². The molecule has 0 aliphatic rings. The third kappa shape index (κ3) is 7.75. The van der Waals surface area contributed by atoms with Crippen LogP contribution < -0.4 is 16.5 Å². The molecule has 2 amide bonds. The lowest BCUT2D eigenvalue weighted by Crippen LogP contribution is -2.42. The Kier molecular flexibility index (Phi) is 8.16. The van der Waals surface area contributed by atoms with E-state index in [-0.39, 0.29) is 12.4 Å². The molecule has 0 rings (SSSR count). The van der Waals surface area contributed by atoms with E-state index in [2.05, 4.69) is 10.7 Å². The van der Waals surface area contributed by atoms with E-state index in [4.69, 9.17) is 17.3 Å². The van der Waals surface area contributed by atoms with E-state index >= 15 is 0 Å². The number of nitroso groups, excluding NO2 is 1. The lowest BCUT2D eigenvalue weighted by atomic mass is 10.3. The van der Waals surface area contributed by atoms with Crippen molar-refractivity contribution in [1.82, 2.24) is 10.7 Å². The summed E-state index contributed by atoms with van der Waals surface area (Å²) in [5.74, 6) is 0.178. The van der Waals surface area contributed by atoms with Crippen LogP contribution in [0.4, 0.5) is 4.79 Å². The number of hydrogen-bond acceptors (Lipinski definition) is 3. The number of urea groups is 1. The molecule has 4 N–H and O–H groups in total. The number of nitrogens with two attached hydrogens (primary N) is 1. The van der Waals surface area contributed by atoms with E-state index in [1.54, 1.807) is 0 Å². The van der Waals surface area contributed by atoms with Crippen LogP contribution in [0.1, 0.15) is 12.8 Å². The number of rotatable bonds is 7. The summed E-state index contributed by atoms with van der Waals surface area (Å²) in [6, 6.07) is -0.512. The first-order chi connectivity index (χ1) is 6.70. The van der Waals surface area contributed by atoms with Crippen molar-refractivity contribution in [3.63, 3.8) is 0 Å². The smallest absolute Gasteiger partial charge is 0.334 e. The van der Waals surface area contributed by atoms with E-state index in [1.807, 2.05) is 0 Å². The highest BCUT2D eigenvalue weighted by Crippen LogP contribution is 1.82. The lowest BCUT2D eigenvalue weighted by Gasteiger charge is -2.00. The van der Waals surface area contributed by atoms with Gasteiger partial charge in [-0.2, -0.15) is 0 Å². The van der Waals surface area contributed by atoms with Gasteiger partial charge < -0.3 is 11.1 Å². The minimum Gasteiger partial charge on any atom is -0.334 e. The van der Waals surface area contributed by atoms with Gasteiger partial charge in [0.05, 0.1) is 10.8 Å². The number of nitrogens with zero attached hydrogens (tertiary/aromatic N) is 1. The van der Waals surface area contributed by atoms with Crippen molar-refractivity contribution in [2.75, 3.05) is 25.5 Å². The standard InChI is InChI=1S/C7H15ClN4O2/c8-3-6-12(14)11-7(13)10-5-2-1-4-9/h1-6,9H2,(H-,10,11,13,14)/p+1. The van der Waals surface area contributed by atoms with Gasteiger partial charge in [0.2, 0.25) is 6.54 Å². The SMILES string of the molecule is NCCCCNC(=O)N[N+](=O)CCCl. The largest absolute Gasteiger partial charge is 0.371 e. The molecule has 0 aromatic carbocycles. The first-order valence-corrected chi connectivity index (χ1v) is 4.99. The summed E-state index contributed by atoms with van der Waals surface area (Å²) in [5, 5.41) is 2.52. The number of alkyl halides is 1. The molecule has 7 heteroatoms. The van der Waals surface area contributed by atoms with Gasteiger partial charge in [0.15, 0.2) is 0 Å². The summed E-state index contributed by atoms with van der Waals surface area (Å²) in [4.78, 5) is 22.1. The molecule has 14 heavy (non-hydrogen) atoms. The first-order valence-electron chi connectivity index (χ1n) is 4.46. The molecule has 0 saturated carbocycles. The molecule has 0 spiro atoms. The van der Waals surface area contributed by atoms with Crippen LogP contribution in [-0.2, 0) is 0 Å². The van der Waals surface area contributed by atoms with Gasteiger partial charge in [0.25, 0.3) is 0 Å². The molecule has 0 unspecified atom stereocenters. The normalized spacial score (nSPS) is 9.57. The summed E-state index contributed by atoms with van der Waals surface area (Å²) in [7, 11) is 0. The molecular weight excluding hydrogens is 208 g/mol. The average Bonchev–Trinajstić information content (AvgIpc) is 2.13. The minimum atomic E-state index is -0.512. The third-order valence-corrected chi connectivity index (χ3v) is 1.60. The van der Waals surface area contributed by atoms with Crippen molar-refractivity contribution in [2.24, 2.45) is 5.73 Å². The summed E-state index contributed by atoms with van der Waals surface area (Å²) in [6.45, 7) is 1.18. The maximum atomic E-state index is 11.0. The summed E-state index contributed by atoms with van der Waals surface area (Å²) in [6.07, 6.45) is 1.65. The van der Waals surface area contributed by atoms with Crippen LogP contribution in [0.5, 0.6) is 0 Å². The van der Waals surface area contributed by atoms with Crippen molar-refractivity contribution in [3.8, 4) is 0 Å². The molecule has 0 saturated heterocycles. The van der Waals surface area contributed by atoms with E-state index in [1.165, 1.54) is 0 Å². The molecule has 0 atom stereocenters. The molecule has 0 heterocycles. The van der Waals surface area contributed by atoms with Crippen LogP contribution in [0.25, 0.3) is 0 Å². The summed E-state index contributed by atoms with van der Waals surface area (Å²) >= 11 is 5.30. The molecule has 0 aliphatic heterocycles. The fourth-order valence-corrected chi connectivity index (χ4v) is 0.910. The molecular formula is C7H16ClN4O2+. The monoisotopic (exact) mass is 223 g/mol. The Labute approximate surface area is 87.7 Å². The average molecular weight is 224 g/mol. The van der Waals surface area contributed by atoms with Crippen molar-refractivity contribution >= 4 is 17.6 Å². The number of carbonyl (C=O) groups excluding carboxylic acids is 1. The fourth-order valence-electron chi connectivity index (χ4n) is 0.757. The number of unbranched alkanes of at least 4 members (excludes halogenated alkanes) is 1. The molecule has 0 aromatic rings. The molecule has 0 aromatic heterocycles. The number of hydrazine groups is 1. The zero-order chi connectivity index (χ0) is 10.8. The van der Waals surface area contributed by atoms with E-state index < -0.39 is 6.03 Å². The van der Waals surface area contributed by atoms with E-state index in [0.717, 1.165) is 12.8 Å². The van der Waals surface area contributed by atoms with Crippen molar-refractivity contribution in [1.29, 1.82) is 0 Å². The second kappa shape index (κ2) is 8.71. The Balaban J connectivity index is 3.40. The first kappa shape index (κ1) is 13.1. The van der Waals surface area contributed by atoms with Gasteiger partial charge in [-0.3, -0.25) is 0 Å². The molecule has 82 valence electrons. The fraction of sp³-hybridized carbons (Fsp3) is 0.857. The van der Waals surface area contributed by atoms with Gasteiger partial charge in [0.1, 0.15) is 4.87 Å². The maximum Gasteiger partial charge on any atom is 0.371 e. The molecule has 0 fully saturated rings. The van der Waals surface area contributed by atoms with Crippen molar-refractivity contribution in [2.45, 2.75) is 12.8 Å². The van der Waals surface area contributed by atoms with E-state index in [0.29, 0.717) is 18.0 Å². The zero-order valence-electron chi connectivity index (χ0n) is 7.96. The minimum absolute atomic E-state index is 0.0672. The maximum absolute atomic E-state index is 11.0. The molecule has 0 bridgehead atoms. The lowest BCUT2D eigenvalue weighted by molar-refractivity contribution is -0.588. The molecule has 0 radical (unpaired) electrons. The van der Waals surface area contributed by atoms with E-state index in [9.17, 15) is 9.70 Å². The van der Waals surface area contributed by atoms with Crippen LogP contribution in [0.15, 0.2) is 0 Å². The van der Waals surface area contributed by atoms with Crippen molar-refractivity contribution < 1.29 is 9.66 Å². The van der Waals surface area contributed by atoms with Gasteiger partial charge in [0, 0.05) is 6.54 Å². The Morgan fingerprint density at radius 3 is 2.71 bits per heavy atom. The van der Waals surface area contributed by atoms with Gasteiger partial charge in [-0.05, 0) is 19.4 Å². The Morgan fingerprint density at radius 1 is 1.43 bits per heavy atom. The van der Waals surface area contributed by atoms with Crippen molar-refractivity contribution in [3.05, 3.63) is 4.91 Å². The number of nitrogens with one attached hydrogen (secondary N) is 2. The molecule has 0 aliphatic carbocycles.